The van der Waals surface area contributed by atoms with Crippen LogP contribution in [0.4, 0.5) is 4.39 Å². The minimum absolute atomic E-state index is 0.132. The fourth-order valence-corrected chi connectivity index (χ4v) is 2.61. The van der Waals surface area contributed by atoms with Crippen molar-refractivity contribution in [3.05, 3.63) is 30.1 Å². The highest BCUT2D eigenvalue weighted by Gasteiger charge is 2.41. The van der Waals surface area contributed by atoms with Crippen molar-refractivity contribution in [2.24, 2.45) is 0 Å². The van der Waals surface area contributed by atoms with E-state index in [2.05, 4.69) is 0 Å². The van der Waals surface area contributed by atoms with Crippen LogP contribution in [0.3, 0.4) is 0 Å². The molecule has 0 aliphatic rings. The monoisotopic (exact) mass is 264 g/mol. The van der Waals surface area contributed by atoms with E-state index in [1.807, 2.05) is 0 Å². The number of rotatable bonds is 3. The lowest BCUT2D eigenvalue weighted by atomic mass is 10.2. The lowest BCUT2D eigenvalue weighted by Gasteiger charge is -2.19. The third kappa shape index (κ3) is 2.10. The third-order valence-corrected chi connectivity index (χ3v) is 5.28. The van der Waals surface area contributed by atoms with Crippen LogP contribution in [0, 0.1) is 5.82 Å². The molecule has 0 radical (unpaired) electrons. The molecule has 0 aliphatic carbocycles. The van der Waals surface area contributed by atoms with Gasteiger partial charge in [-0.25, -0.2) is 12.8 Å². The smallest absolute Gasteiger partial charge is 0.242 e. The number of carbonyl (C=O) groups excluding carboxylic acids is 1. The van der Waals surface area contributed by atoms with Crippen molar-refractivity contribution in [3.63, 3.8) is 0 Å². The van der Waals surface area contributed by atoms with Gasteiger partial charge < -0.3 is 0 Å². The topological polar surface area (TPSA) is 51.2 Å². The van der Waals surface area contributed by atoms with Crippen molar-refractivity contribution >= 4 is 26.7 Å². The van der Waals surface area contributed by atoms with Gasteiger partial charge in [0, 0.05) is 0 Å². The van der Waals surface area contributed by atoms with E-state index in [4.69, 9.17) is 11.6 Å². The summed E-state index contributed by atoms with van der Waals surface area (Å²) in [6, 6.07) is 4.24. The lowest BCUT2D eigenvalue weighted by Crippen LogP contribution is -2.37. The molecule has 1 aromatic rings. The van der Waals surface area contributed by atoms with Gasteiger partial charge in [0.2, 0.25) is 5.24 Å². The molecular weight excluding hydrogens is 255 g/mol. The van der Waals surface area contributed by atoms with Gasteiger partial charge in [-0.2, -0.15) is 0 Å². The summed E-state index contributed by atoms with van der Waals surface area (Å²) in [6.07, 6.45) is 0. The van der Waals surface area contributed by atoms with Gasteiger partial charge in [-0.05, 0) is 49.7 Å². The van der Waals surface area contributed by atoms with Gasteiger partial charge in [0.25, 0.3) is 0 Å². The number of halogens is 2. The number of sulfone groups is 1. The summed E-state index contributed by atoms with van der Waals surface area (Å²) in [4.78, 5) is 10.9. The normalized spacial score (nSPS) is 12.5. The van der Waals surface area contributed by atoms with Gasteiger partial charge in [-0.15, -0.1) is 0 Å². The number of benzene rings is 1. The van der Waals surface area contributed by atoms with Gasteiger partial charge >= 0.3 is 0 Å². The van der Waals surface area contributed by atoms with Crippen molar-refractivity contribution in [1.82, 2.24) is 0 Å². The zero-order valence-electron chi connectivity index (χ0n) is 8.70. The third-order valence-electron chi connectivity index (χ3n) is 2.27. The number of hydrogen-bond acceptors (Lipinski definition) is 3. The zero-order chi connectivity index (χ0) is 12.6. The minimum Gasteiger partial charge on any atom is -0.280 e. The second kappa shape index (κ2) is 4.14. The predicted octanol–water partition coefficient (Wildman–Crippen LogP) is 2.14. The molecule has 16 heavy (non-hydrogen) atoms. The predicted molar refractivity (Wildman–Crippen MR) is 58.5 cm³/mol. The van der Waals surface area contributed by atoms with Crippen molar-refractivity contribution < 1.29 is 17.6 Å². The first-order valence-electron chi connectivity index (χ1n) is 4.40. The Morgan fingerprint density at radius 3 is 2.06 bits per heavy atom. The first-order chi connectivity index (χ1) is 7.19. The quantitative estimate of drug-likeness (QED) is 0.621. The van der Waals surface area contributed by atoms with Crippen LogP contribution in [0.15, 0.2) is 29.2 Å². The van der Waals surface area contributed by atoms with Crippen LogP contribution in [-0.4, -0.2) is 18.4 Å². The van der Waals surface area contributed by atoms with E-state index in [1.165, 1.54) is 13.8 Å². The highest BCUT2D eigenvalue weighted by atomic mass is 35.5. The van der Waals surface area contributed by atoms with Crippen LogP contribution in [0.25, 0.3) is 0 Å². The van der Waals surface area contributed by atoms with Crippen molar-refractivity contribution in [2.75, 3.05) is 0 Å². The van der Waals surface area contributed by atoms with Gasteiger partial charge in [0.15, 0.2) is 9.84 Å². The Morgan fingerprint density at radius 1 is 1.25 bits per heavy atom. The molecule has 0 unspecified atom stereocenters. The van der Waals surface area contributed by atoms with E-state index < -0.39 is 25.6 Å². The van der Waals surface area contributed by atoms with Crippen LogP contribution < -0.4 is 0 Å². The molecule has 0 fully saturated rings. The molecule has 0 saturated heterocycles. The van der Waals surface area contributed by atoms with E-state index >= 15 is 0 Å². The van der Waals surface area contributed by atoms with Crippen LogP contribution in [-0.2, 0) is 14.6 Å². The Hall–Kier alpha value is -0.940. The van der Waals surface area contributed by atoms with Crippen LogP contribution in [0.1, 0.15) is 13.8 Å². The van der Waals surface area contributed by atoms with Gasteiger partial charge in [-0.3, -0.25) is 4.79 Å². The standard InChI is InChI=1S/C10H10ClFO3S/c1-10(2,9(11)13)16(14,15)8-5-3-7(12)4-6-8/h3-6H,1-2H3. The fourth-order valence-electron chi connectivity index (χ4n) is 1.01. The molecule has 0 atom stereocenters. The first kappa shape index (κ1) is 13.1. The molecule has 1 rings (SSSR count). The van der Waals surface area contributed by atoms with E-state index in [9.17, 15) is 17.6 Å². The van der Waals surface area contributed by atoms with Crippen LogP contribution >= 0.6 is 11.6 Å². The van der Waals surface area contributed by atoms with Crippen molar-refractivity contribution in [1.29, 1.82) is 0 Å². The highest BCUT2D eigenvalue weighted by molar-refractivity contribution is 7.93. The largest absolute Gasteiger partial charge is 0.280 e. The molecule has 3 nitrogen and oxygen atoms in total. The summed E-state index contributed by atoms with van der Waals surface area (Å²) in [5.74, 6) is -0.547. The molecule has 88 valence electrons. The highest BCUT2D eigenvalue weighted by Crippen LogP contribution is 2.27. The molecule has 0 aliphatic heterocycles. The summed E-state index contributed by atoms with van der Waals surface area (Å²) in [5.41, 5.74) is 0. The summed E-state index contributed by atoms with van der Waals surface area (Å²) in [6.45, 7) is 2.42. The van der Waals surface area contributed by atoms with E-state index in [0.717, 1.165) is 24.3 Å². The number of carbonyl (C=O) groups is 1. The summed E-state index contributed by atoms with van der Waals surface area (Å²) >= 11 is 5.24. The second-order valence-corrected chi connectivity index (χ2v) is 6.58. The minimum atomic E-state index is -3.90. The van der Waals surface area contributed by atoms with E-state index in [-0.39, 0.29) is 4.90 Å². The average Bonchev–Trinajstić information content (AvgIpc) is 2.17. The molecule has 0 saturated carbocycles. The maximum absolute atomic E-state index is 12.6. The van der Waals surface area contributed by atoms with Crippen molar-refractivity contribution in [2.45, 2.75) is 23.5 Å². The molecule has 6 heteroatoms. The lowest BCUT2D eigenvalue weighted by molar-refractivity contribution is -0.113. The first-order valence-corrected chi connectivity index (χ1v) is 6.26. The zero-order valence-corrected chi connectivity index (χ0v) is 10.3. The van der Waals surface area contributed by atoms with Crippen molar-refractivity contribution in [3.8, 4) is 0 Å². The molecular formula is C10H10ClFO3S. The van der Waals surface area contributed by atoms with E-state index in [0.29, 0.717) is 0 Å². The Labute approximate surface area is 98.1 Å². The summed E-state index contributed by atoms with van der Waals surface area (Å²) in [5, 5.41) is -0.975. The maximum atomic E-state index is 12.6. The molecule has 0 aromatic heterocycles. The SMILES string of the molecule is CC(C)(C(=O)Cl)S(=O)(=O)c1ccc(F)cc1. The van der Waals surface area contributed by atoms with Gasteiger partial charge in [0.05, 0.1) is 4.90 Å². The summed E-state index contributed by atoms with van der Waals surface area (Å²) in [7, 11) is -3.90. The Morgan fingerprint density at radius 2 is 1.69 bits per heavy atom. The second-order valence-electron chi connectivity index (χ2n) is 3.74. The molecule has 0 spiro atoms. The van der Waals surface area contributed by atoms with Crippen LogP contribution in [0.2, 0.25) is 0 Å². The Bertz CT molecular complexity index is 505. The molecule has 0 amide bonds. The van der Waals surface area contributed by atoms with Gasteiger partial charge in [-0.1, -0.05) is 0 Å². The van der Waals surface area contributed by atoms with Gasteiger partial charge in [0.1, 0.15) is 10.6 Å². The number of hydrogen-bond donors (Lipinski definition) is 0. The molecule has 1 aromatic carbocycles. The molecule has 0 N–H and O–H groups in total. The summed E-state index contributed by atoms with van der Waals surface area (Å²) < 4.78 is 34.9. The fraction of sp³-hybridized carbons (Fsp3) is 0.300. The maximum Gasteiger partial charge on any atom is 0.242 e. The molecule has 0 heterocycles. The average molecular weight is 265 g/mol. The Kier molecular flexibility index (Phi) is 3.40. The van der Waals surface area contributed by atoms with Crippen LogP contribution in [0.5, 0.6) is 0 Å². The molecule has 0 bridgehead atoms. The Balaban J connectivity index is 3.33. The van der Waals surface area contributed by atoms with E-state index in [1.54, 1.807) is 0 Å².